The maximum atomic E-state index is 13.7. The molecule has 0 aliphatic rings. The van der Waals surface area contributed by atoms with Crippen LogP contribution < -0.4 is 11.1 Å². The first kappa shape index (κ1) is 15.6. The van der Waals surface area contributed by atoms with Crippen LogP contribution in [0.15, 0.2) is 12.1 Å². The predicted molar refractivity (Wildman–Crippen MR) is 70.6 cm³/mol. The molecule has 0 fully saturated rings. The summed E-state index contributed by atoms with van der Waals surface area (Å²) < 4.78 is 27.1. The van der Waals surface area contributed by atoms with Gasteiger partial charge < -0.3 is 11.1 Å². The summed E-state index contributed by atoms with van der Waals surface area (Å²) in [5.41, 5.74) is 5.64. The van der Waals surface area contributed by atoms with Crippen molar-refractivity contribution in [1.82, 2.24) is 5.32 Å². The second-order valence-corrected chi connectivity index (χ2v) is 4.72. The Bertz CT molecular complexity index is 449. The molecule has 1 aromatic rings. The summed E-state index contributed by atoms with van der Waals surface area (Å²) in [5, 5.41) is 3.10. The maximum absolute atomic E-state index is 13.7. The normalized spacial score (nSPS) is 12.4. The van der Waals surface area contributed by atoms with E-state index in [4.69, 9.17) is 5.73 Å². The van der Waals surface area contributed by atoms with Crippen molar-refractivity contribution >= 4 is 5.91 Å². The van der Waals surface area contributed by atoms with Gasteiger partial charge in [-0.25, -0.2) is 8.78 Å². The Kier molecular flexibility index (Phi) is 5.89. The van der Waals surface area contributed by atoms with Crippen LogP contribution in [0.3, 0.4) is 0 Å². The second-order valence-electron chi connectivity index (χ2n) is 4.72. The molecule has 3 nitrogen and oxygen atoms in total. The zero-order valence-corrected chi connectivity index (χ0v) is 11.3. The molecule has 3 N–H and O–H groups in total. The third kappa shape index (κ3) is 4.95. The Hall–Kier alpha value is -1.49. The van der Waals surface area contributed by atoms with Gasteiger partial charge in [0.05, 0.1) is 0 Å². The smallest absolute Gasteiger partial charge is 0.217 e. The maximum Gasteiger partial charge on any atom is 0.217 e. The molecule has 0 aliphatic heterocycles. The highest BCUT2D eigenvalue weighted by Gasteiger charge is 2.13. The van der Waals surface area contributed by atoms with E-state index in [0.717, 1.165) is 6.42 Å². The van der Waals surface area contributed by atoms with E-state index >= 15 is 0 Å². The van der Waals surface area contributed by atoms with Gasteiger partial charge in [0.1, 0.15) is 11.6 Å². The molecule has 0 bridgehead atoms. The molecular weight excluding hydrogens is 250 g/mol. The van der Waals surface area contributed by atoms with Crippen molar-refractivity contribution in [3.63, 3.8) is 0 Å². The molecule has 1 atom stereocenters. The van der Waals surface area contributed by atoms with Crippen molar-refractivity contribution in [3.05, 3.63) is 34.9 Å². The van der Waals surface area contributed by atoms with Gasteiger partial charge >= 0.3 is 0 Å². The first-order chi connectivity index (χ1) is 8.91. The number of hydrogen-bond donors (Lipinski definition) is 2. The zero-order chi connectivity index (χ0) is 14.4. The van der Waals surface area contributed by atoms with Crippen LogP contribution in [0.1, 0.15) is 43.4 Å². The number of aryl methyl sites for hydroxylation is 1. The Balaban J connectivity index is 2.47. The highest BCUT2D eigenvalue weighted by molar-refractivity contribution is 5.73. The number of benzene rings is 1. The van der Waals surface area contributed by atoms with Crippen molar-refractivity contribution in [2.24, 2.45) is 5.73 Å². The fourth-order valence-corrected chi connectivity index (χ4v) is 1.85. The van der Waals surface area contributed by atoms with Crippen molar-refractivity contribution < 1.29 is 13.6 Å². The standard InChI is InChI=1S/C14H20F2N2O/c1-9-7-13(16)11(8-12(9)15)10(2)18-6-4-3-5-14(17)19/h7-8,10,18H,3-6H2,1-2H3,(H2,17,19). The number of hydrogen-bond acceptors (Lipinski definition) is 2. The minimum Gasteiger partial charge on any atom is -0.370 e. The number of nitrogens with two attached hydrogens (primary N) is 1. The van der Waals surface area contributed by atoms with Crippen LogP contribution in [0.25, 0.3) is 0 Å². The molecule has 1 amide bonds. The number of primary amides is 1. The third-order valence-corrected chi connectivity index (χ3v) is 3.04. The largest absolute Gasteiger partial charge is 0.370 e. The molecule has 0 saturated heterocycles. The van der Waals surface area contributed by atoms with Crippen molar-refractivity contribution in [2.75, 3.05) is 6.54 Å². The van der Waals surface area contributed by atoms with Gasteiger partial charge in [0, 0.05) is 18.0 Å². The summed E-state index contributed by atoms with van der Waals surface area (Å²) in [6.45, 7) is 3.94. The lowest BCUT2D eigenvalue weighted by Gasteiger charge is -2.15. The fraction of sp³-hybridized carbons (Fsp3) is 0.500. The second kappa shape index (κ2) is 7.19. The van der Waals surface area contributed by atoms with Crippen molar-refractivity contribution in [2.45, 2.75) is 39.2 Å². The number of carbonyl (C=O) groups is 1. The number of halogens is 2. The number of nitrogens with one attached hydrogen (secondary N) is 1. The highest BCUT2D eigenvalue weighted by Crippen LogP contribution is 2.20. The molecule has 1 unspecified atom stereocenters. The minimum atomic E-state index is -0.406. The summed E-state index contributed by atoms with van der Waals surface area (Å²) >= 11 is 0. The molecule has 0 radical (unpaired) electrons. The van der Waals surface area contributed by atoms with E-state index < -0.39 is 11.6 Å². The first-order valence-electron chi connectivity index (χ1n) is 6.39. The van der Waals surface area contributed by atoms with Crippen LogP contribution in [0.2, 0.25) is 0 Å². The van der Waals surface area contributed by atoms with Gasteiger partial charge in [0.2, 0.25) is 5.91 Å². The molecule has 5 heteroatoms. The molecule has 1 rings (SSSR count). The highest BCUT2D eigenvalue weighted by atomic mass is 19.1. The molecule has 0 aromatic heterocycles. The van der Waals surface area contributed by atoms with Crippen LogP contribution in [-0.4, -0.2) is 12.5 Å². The van der Waals surface area contributed by atoms with E-state index in [1.54, 1.807) is 6.92 Å². The molecule has 19 heavy (non-hydrogen) atoms. The number of carbonyl (C=O) groups excluding carboxylic acids is 1. The summed E-state index contributed by atoms with van der Waals surface area (Å²) in [5.74, 6) is -1.13. The lowest BCUT2D eigenvalue weighted by molar-refractivity contribution is -0.118. The Morgan fingerprint density at radius 1 is 1.32 bits per heavy atom. The van der Waals surface area contributed by atoms with Gasteiger partial charge in [-0.2, -0.15) is 0 Å². The van der Waals surface area contributed by atoms with E-state index in [1.807, 2.05) is 0 Å². The molecule has 0 saturated carbocycles. The van der Waals surface area contributed by atoms with Gasteiger partial charge in [-0.1, -0.05) is 0 Å². The van der Waals surface area contributed by atoms with Crippen LogP contribution in [0, 0.1) is 18.6 Å². The molecule has 106 valence electrons. The zero-order valence-electron chi connectivity index (χ0n) is 11.3. The van der Waals surface area contributed by atoms with Crippen LogP contribution in [0.4, 0.5) is 8.78 Å². The quantitative estimate of drug-likeness (QED) is 0.748. The van der Waals surface area contributed by atoms with E-state index in [-0.39, 0.29) is 11.9 Å². The van der Waals surface area contributed by atoms with E-state index in [9.17, 15) is 13.6 Å². The van der Waals surface area contributed by atoms with E-state index in [0.29, 0.717) is 30.5 Å². The molecule has 0 aliphatic carbocycles. The number of rotatable bonds is 7. The van der Waals surface area contributed by atoms with Gasteiger partial charge in [-0.3, -0.25) is 4.79 Å². The van der Waals surface area contributed by atoms with Crippen LogP contribution in [0.5, 0.6) is 0 Å². The Labute approximate surface area is 112 Å². The lowest BCUT2D eigenvalue weighted by Crippen LogP contribution is -2.21. The molecule has 0 spiro atoms. The third-order valence-electron chi connectivity index (χ3n) is 3.04. The number of amides is 1. The van der Waals surface area contributed by atoms with E-state index in [2.05, 4.69) is 5.32 Å². The summed E-state index contributed by atoms with van der Waals surface area (Å²) in [7, 11) is 0. The average molecular weight is 270 g/mol. The van der Waals surface area contributed by atoms with Gasteiger partial charge in [-0.05, 0) is 50.9 Å². The first-order valence-corrected chi connectivity index (χ1v) is 6.39. The van der Waals surface area contributed by atoms with Crippen LogP contribution >= 0.6 is 0 Å². The van der Waals surface area contributed by atoms with Crippen molar-refractivity contribution in [3.8, 4) is 0 Å². The molecular formula is C14H20F2N2O. The fourth-order valence-electron chi connectivity index (χ4n) is 1.85. The number of unbranched alkanes of at least 4 members (excludes halogenated alkanes) is 1. The van der Waals surface area contributed by atoms with Gasteiger partial charge in [0.25, 0.3) is 0 Å². The summed E-state index contributed by atoms with van der Waals surface area (Å²) in [6, 6.07) is 2.16. The Morgan fingerprint density at radius 2 is 2.00 bits per heavy atom. The van der Waals surface area contributed by atoms with Crippen LogP contribution in [-0.2, 0) is 4.79 Å². The topological polar surface area (TPSA) is 55.1 Å². The van der Waals surface area contributed by atoms with Gasteiger partial charge in [0.15, 0.2) is 0 Å². The van der Waals surface area contributed by atoms with E-state index in [1.165, 1.54) is 19.1 Å². The summed E-state index contributed by atoms with van der Waals surface area (Å²) in [4.78, 5) is 10.5. The molecule has 1 aromatic carbocycles. The lowest BCUT2D eigenvalue weighted by atomic mass is 10.0. The van der Waals surface area contributed by atoms with Crippen molar-refractivity contribution in [1.29, 1.82) is 0 Å². The minimum absolute atomic E-state index is 0.274. The van der Waals surface area contributed by atoms with Gasteiger partial charge in [-0.15, -0.1) is 0 Å². The summed E-state index contributed by atoms with van der Waals surface area (Å²) in [6.07, 6.45) is 1.81. The SMILES string of the molecule is Cc1cc(F)c(C(C)NCCCCC(N)=O)cc1F. The Morgan fingerprint density at radius 3 is 2.63 bits per heavy atom. The molecule has 0 heterocycles. The predicted octanol–water partition coefficient (Wildman–Crippen LogP) is 2.58. The average Bonchev–Trinajstić information content (AvgIpc) is 2.32. The monoisotopic (exact) mass is 270 g/mol.